The maximum absolute atomic E-state index is 12.9. The summed E-state index contributed by atoms with van der Waals surface area (Å²) in [6, 6.07) is 20.7. The molecule has 1 N–H and O–H groups in total. The Balaban J connectivity index is 1.71. The van der Waals surface area contributed by atoms with Gasteiger partial charge in [-0.3, -0.25) is 4.79 Å². The highest BCUT2D eigenvalue weighted by Gasteiger charge is 2.33. The van der Waals surface area contributed by atoms with Gasteiger partial charge in [0, 0.05) is 41.3 Å². The van der Waals surface area contributed by atoms with Crippen LogP contribution in [0.1, 0.15) is 41.6 Å². The van der Waals surface area contributed by atoms with Crippen LogP contribution in [0.3, 0.4) is 0 Å². The first-order valence-electron chi connectivity index (χ1n) is 12.3. The Bertz CT molecular complexity index is 1360. The SMILES string of the molecule is CCN(CC)c1ccc([C@H]2SCC(=O)Nc3c2c(-c2ccccc2)nn3-c2nc(C)cc(C)n2)cc1. The standard InChI is InChI=1S/C28H30N6OS/c1-5-33(6-2)22-14-12-21(13-15-22)26-24-25(20-10-8-7-9-11-20)32-34(27(24)31-23(35)17-36-26)28-29-18(3)16-19(4)30-28/h7-16,26H,5-6,17H2,1-4H3,(H,31,35)/t26-/m1/s1. The number of fused-ring (bicyclic) bond motifs is 1. The van der Waals surface area contributed by atoms with E-state index in [4.69, 9.17) is 5.10 Å². The van der Waals surface area contributed by atoms with E-state index in [0.717, 1.165) is 46.9 Å². The first-order chi connectivity index (χ1) is 17.5. The molecule has 36 heavy (non-hydrogen) atoms. The molecule has 1 aliphatic rings. The summed E-state index contributed by atoms with van der Waals surface area (Å²) in [5.41, 5.74) is 6.79. The Morgan fingerprint density at radius 2 is 1.67 bits per heavy atom. The minimum absolute atomic E-state index is 0.0614. The van der Waals surface area contributed by atoms with Crippen LogP contribution < -0.4 is 10.2 Å². The van der Waals surface area contributed by atoms with E-state index in [-0.39, 0.29) is 11.2 Å². The van der Waals surface area contributed by atoms with E-state index in [1.807, 2.05) is 50.2 Å². The number of anilines is 2. The summed E-state index contributed by atoms with van der Waals surface area (Å²) >= 11 is 1.62. The predicted molar refractivity (Wildman–Crippen MR) is 147 cm³/mol. The summed E-state index contributed by atoms with van der Waals surface area (Å²) in [5, 5.41) is 8.03. The highest BCUT2D eigenvalue weighted by Crippen LogP contribution is 2.46. The Morgan fingerprint density at radius 1 is 1.00 bits per heavy atom. The second-order valence-corrected chi connectivity index (χ2v) is 9.94. The highest BCUT2D eigenvalue weighted by atomic mass is 32.2. The molecule has 0 bridgehead atoms. The summed E-state index contributed by atoms with van der Waals surface area (Å²) in [6.45, 7) is 10.1. The Kier molecular flexibility index (Phi) is 6.78. The second kappa shape index (κ2) is 10.1. The van der Waals surface area contributed by atoms with Crippen molar-refractivity contribution in [2.45, 2.75) is 32.9 Å². The Morgan fingerprint density at radius 3 is 2.31 bits per heavy atom. The Labute approximate surface area is 216 Å². The van der Waals surface area contributed by atoms with Gasteiger partial charge in [0.15, 0.2) is 0 Å². The number of nitrogens with zero attached hydrogens (tertiary/aromatic N) is 5. The van der Waals surface area contributed by atoms with Crippen LogP contribution in [0.25, 0.3) is 17.2 Å². The fraction of sp³-hybridized carbons (Fsp3) is 0.286. The zero-order chi connectivity index (χ0) is 25.2. The van der Waals surface area contributed by atoms with Gasteiger partial charge >= 0.3 is 0 Å². The topological polar surface area (TPSA) is 75.9 Å². The second-order valence-electron chi connectivity index (χ2n) is 8.84. The lowest BCUT2D eigenvalue weighted by atomic mass is 9.99. The van der Waals surface area contributed by atoms with Crippen molar-refractivity contribution in [1.29, 1.82) is 0 Å². The molecule has 1 atom stereocenters. The van der Waals surface area contributed by atoms with Crippen LogP contribution in [0.2, 0.25) is 0 Å². The van der Waals surface area contributed by atoms with E-state index in [2.05, 4.69) is 58.3 Å². The maximum atomic E-state index is 12.9. The van der Waals surface area contributed by atoms with Crippen molar-refractivity contribution in [3.05, 3.63) is 83.2 Å². The van der Waals surface area contributed by atoms with Crippen molar-refractivity contribution in [3.63, 3.8) is 0 Å². The van der Waals surface area contributed by atoms with Gasteiger partial charge in [0.05, 0.1) is 16.7 Å². The minimum Gasteiger partial charge on any atom is -0.372 e. The summed E-state index contributed by atoms with van der Waals surface area (Å²) in [5.74, 6) is 1.37. The third kappa shape index (κ3) is 4.60. The number of amides is 1. The zero-order valence-corrected chi connectivity index (χ0v) is 21.8. The minimum atomic E-state index is -0.0837. The van der Waals surface area contributed by atoms with Crippen molar-refractivity contribution in [1.82, 2.24) is 19.7 Å². The molecule has 3 heterocycles. The lowest BCUT2D eigenvalue weighted by Gasteiger charge is -2.22. The van der Waals surface area contributed by atoms with E-state index in [1.165, 1.54) is 5.69 Å². The monoisotopic (exact) mass is 498 g/mol. The zero-order valence-electron chi connectivity index (χ0n) is 21.0. The normalized spacial score (nSPS) is 15.2. The Hall–Kier alpha value is -3.65. The van der Waals surface area contributed by atoms with Crippen LogP contribution in [0.4, 0.5) is 11.5 Å². The number of thioether (sulfide) groups is 1. The van der Waals surface area contributed by atoms with Gasteiger partial charge in [-0.25, -0.2) is 9.97 Å². The highest BCUT2D eigenvalue weighted by molar-refractivity contribution is 8.00. The number of nitrogens with one attached hydrogen (secondary N) is 1. The number of carbonyl (C=O) groups excluding carboxylic acids is 1. The van der Waals surface area contributed by atoms with Crippen LogP contribution in [-0.4, -0.2) is 44.5 Å². The molecule has 2 aromatic heterocycles. The average Bonchev–Trinajstić information content (AvgIpc) is 3.15. The van der Waals surface area contributed by atoms with E-state index in [0.29, 0.717) is 17.5 Å². The molecule has 0 unspecified atom stereocenters. The molecule has 0 spiro atoms. The van der Waals surface area contributed by atoms with Crippen LogP contribution in [0, 0.1) is 13.8 Å². The number of hydrogen-bond acceptors (Lipinski definition) is 6. The van der Waals surface area contributed by atoms with Crippen LogP contribution in [-0.2, 0) is 4.79 Å². The van der Waals surface area contributed by atoms with E-state index in [9.17, 15) is 4.79 Å². The van der Waals surface area contributed by atoms with E-state index in [1.54, 1.807) is 16.4 Å². The molecule has 0 saturated carbocycles. The van der Waals surface area contributed by atoms with Crippen molar-refractivity contribution in [2.75, 3.05) is 29.1 Å². The van der Waals surface area contributed by atoms with Gasteiger partial charge in [-0.1, -0.05) is 42.5 Å². The first kappa shape index (κ1) is 24.1. The van der Waals surface area contributed by atoms with Gasteiger partial charge in [-0.15, -0.1) is 11.8 Å². The van der Waals surface area contributed by atoms with Gasteiger partial charge < -0.3 is 10.2 Å². The molecule has 0 radical (unpaired) electrons. The quantitative estimate of drug-likeness (QED) is 0.375. The molecule has 0 fully saturated rings. The number of benzene rings is 2. The molecule has 1 aliphatic heterocycles. The molecule has 4 aromatic rings. The molecule has 0 aliphatic carbocycles. The molecule has 2 aromatic carbocycles. The largest absolute Gasteiger partial charge is 0.372 e. The summed E-state index contributed by atoms with van der Waals surface area (Å²) in [7, 11) is 0. The maximum Gasteiger partial charge on any atom is 0.252 e. The lowest BCUT2D eigenvalue weighted by Crippen LogP contribution is -2.21. The summed E-state index contributed by atoms with van der Waals surface area (Å²) < 4.78 is 1.69. The van der Waals surface area contributed by atoms with Gasteiger partial charge in [0.1, 0.15) is 5.82 Å². The number of hydrogen-bond donors (Lipinski definition) is 1. The number of aryl methyl sites for hydroxylation is 2. The molecule has 8 heteroatoms. The molecule has 7 nitrogen and oxygen atoms in total. The van der Waals surface area contributed by atoms with Crippen molar-refractivity contribution in [2.24, 2.45) is 0 Å². The van der Waals surface area contributed by atoms with Crippen molar-refractivity contribution < 1.29 is 4.79 Å². The predicted octanol–water partition coefficient (Wildman–Crippen LogP) is 5.57. The van der Waals surface area contributed by atoms with Gasteiger partial charge in [-0.2, -0.15) is 9.78 Å². The van der Waals surface area contributed by atoms with Gasteiger partial charge in [-0.05, 0) is 51.5 Å². The van der Waals surface area contributed by atoms with E-state index >= 15 is 0 Å². The molecule has 1 amide bonds. The first-order valence-corrected chi connectivity index (χ1v) is 13.3. The molecular formula is C28H30N6OS. The number of aromatic nitrogens is 4. The molecule has 5 rings (SSSR count). The van der Waals surface area contributed by atoms with Crippen LogP contribution in [0.5, 0.6) is 0 Å². The average molecular weight is 499 g/mol. The third-order valence-electron chi connectivity index (χ3n) is 6.35. The fourth-order valence-corrected chi connectivity index (χ4v) is 5.81. The molecule has 0 saturated heterocycles. The fourth-order valence-electron chi connectivity index (χ4n) is 4.68. The molecular weight excluding hydrogens is 468 g/mol. The van der Waals surface area contributed by atoms with Gasteiger partial charge in [0.25, 0.3) is 5.95 Å². The summed E-state index contributed by atoms with van der Waals surface area (Å²) in [4.78, 5) is 24.5. The summed E-state index contributed by atoms with van der Waals surface area (Å²) in [6.07, 6.45) is 0. The lowest BCUT2D eigenvalue weighted by molar-refractivity contribution is -0.113. The van der Waals surface area contributed by atoms with Gasteiger partial charge in [0.2, 0.25) is 5.91 Å². The van der Waals surface area contributed by atoms with Crippen LogP contribution >= 0.6 is 11.8 Å². The van der Waals surface area contributed by atoms with Crippen LogP contribution in [0.15, 0.2) is 60.7 Å². The molecule has 184 valence electrons. The smallest absolute Gasteiger partial charge is 0.252 e. The van der Waals surface area contributed by atoms with E-state index < -0.39 is 0 Å². The van der Waals surface area contributed by atoms with Crippen molar-refractivity contribution >= 4 is 29.2 Å². The van der Waals surface area contributed by atoms with Crippen molar-refractivity contribution in [3.8, 4) is 17.2 Å². The third-order valence-corrected chi connectivity index (χ3v) is 7.62. The number of rotatable bonds is 6. The number of carbonyl (C=O) groups is 1.